The van der Waals surface area contributed by atoms with Crippen LogP contribution in [-0.2, 0) is 6.54 Å². The van der Waals surface area contributed by atoms with Crippen LogP contribution in [0.15, 0.2) is 24.3 Å². The summed E-state index contributed by atoms with van der Waals surface area (Å²) in [5.41, 5.74) is 1.04. The molecule has 2 heterocycles. The SMILES string of the molecule is CN(Cc1ccccc1[N+](=O)[O-])C1CC2CCC(C1)N2.Cl. The van der Waals surface area contributed by atoms with Crippen LogP contribution in [-0.4, -0.2) is 35.0 Å². The van der Waals surface area contributed by atoms with Gasteiger partial charge in [-0.05, 0) is 32.7 Å². The van der Waals surface area contributed by atoms with Crippen molar-refractivity contribution in [3.05, 3.63) is 39.9 Å². The van der Waals surface area contributed by atoms with Crippen molar-refractivity contribution in [1.82, 2.24) is 10.2 Å². The highest BCUT2D eigenvalue weighted by Gasteiger charge is 2.35. The molecule has 2 bridgehead atoms. The number of benzene rings is 1. The van der Waals surface area contributed by atoms with Gasteiger partial charge in [0.05, 0.1) is 4.92 Å². The standard InChI is InChI=1S/C15H21N3O2.ClH/c1-17(14-8-12-6-7-13(9-14)16-12)10-11-4-2-3-5-15(11)18(19)20;/h2-5,12-14,16H,6-10H2,1H3;1H. The molecule has 2 saturated heterocycles. The fraction of sp³-hybridized carbons (Fsp3) is 0.600. The lowest BCUT2D eigenvalue weighted by Crippen LogP contribution is -2.46. The summed E-state index contributed by atoms with van der Waals surface area (Å²) in [4.78, 5) is 13.1. The summed E-state index contributed by atoms with van der Waals surface area (Å²) in [6.45, 7) is 0.654. The maximum atomic E-state index is 11.1. The highest BCUT2D eigenvalue weighted by Crippen LogP contribution is 2.30. The molecule has 0 spiro atoms. The number of rotatable bonds is 4. The number of para-hydroxylation sites is 1. The monoisotopic (exact) mass is 311 g/mol. The lowest BCUT2D eigenvalue weighted by atomic mass is 9.98. The Morgan fingerprint density at radius 2 is 1.90 bits per heavy atom. The van der Waals surface area contributed by atoms with Gasteiger partial charge in [-0.1, -0.05) is 18.2 Å². The van der Waals surface area contributed by atoms with Gasteiger partial charge in [-0.3, -0.25) is 15.0 Å². The average Bonchev–Trinajstić information content (AvgIpc) is 2.77. The van der Waals surface area contributed by atoms with Crippen molar-refractivity contribution >= 4 is 18.1 Å². The van der Waals surface area contributed by atoms with E-state index in [0.29, 0.717) is 24.7 Å². The Balaban J connectivity index is 0.00000161. The van der Waals surface area contributed by atoms with Crippen LogP contribution in [0, 0.1) is 10.1 Å². The van der Waals surface area contributed by atoms with Crippen molar-refractivity contribution in [2.75, 3.05) is 7.05 Å². The first-order valence-corrected chi connectivity index (χ1v) is 7.32. The summed E-state index contributed by atoms with van der Waals surface area (Å²) in [6.07, 6.45) is 4.88. The Labute approximate surface area is 131 Å². The van der Waals surface area contributed by atoms with Gasteiger partial charge in [-0.15, -0.1) is 12.4 Å². The van der Waals surface area contributed by atoms with E-state index in [0.717, 1.165) is 18.4 Å². The van der Waals surface area contributed by atoms with Crippen LogP contribution in [0.4, 0.5) is 5.69 Å². The maximum absolute atomic E-state index is 11.1. The molecule has 0 aromatic heterocycles. The number of halogens is 1. The van der Waals surface area contributed by atoms with E-state index in [1.54, 1.807) is 12.1 Å². The number of nitrogens with one attached hydrogen (secondary N) is 1. The minimum Gasteiger partial charge on any atom is -0.311 e. The third-order valence-corrected chi connectivity index (χ3v) is 4.68. The number of fused-ring (bicyclic) bond motifs is 2. The molecule has 21 heavy (non-hydrogen) atoms. The van der Waals surface area contributed by atoms with Crippen LogP contribution in [0.25, 0.3) is 0 Å². The molecule has 6 heteroatoms. The molecular formula is C15H22ClN3O2. The molecule has 1 N–H and O–H groups in total. The zero-order valence-corrected chi connectivity index (χ0v) is 13.0. The topological polar surface area (TPSA) is 58.4 Å². The summed E-state index contributed by atoms with van der Waals surface area (Å²) in [5.74, 6) is 0. The van der Waals surface area contributed by atoms with Gasteiger partial charge in [-0.2, -0.15) is 0 Å². The molecule has 2 atom stereocenters. The molecule has 2 unspecified atom stereocenters. The molecule has 2 aliphatic rings. The molecular weight excluding hydrogens is 290 g/mol. The number of nitrogens with zero attached hydrogens (tertiary/aromatic N) is 2. The van der Waals surface area contributed by atoms with Crippen molar-refractivity contribution in [1.29, 1.82) is 0 Å². The lowest BCUT2D eigenvalue weighted by Gasteiger charge is -2.35. The van der Waals surface area contributed by atoms with Gasteiger partial charge in [0, 0.05) is 36.3 Å². The quantitative estimate of drug-likeness (QED) is 0.686. The Kier molecular flexibility index (Phi) is 5.19. The van der Waals surface area contributed by atoms with Gasteiger partial charge < -0.3 is 5.32 Å². The Hall–Kier alpha value is -1.17. The van der Waals surface area contributed by atoms with Crippen molar-refractivity contribution in [3.63, 3.8) is 0 Å². The fourth-order valence-electron chi connectivity index (χ4n) is 3.61. The van der Waals surface area contributed by atoms with Gasteiger partial charge in [0.25, 0.3) is 5.69 Å². The number of piperidine rings is 1. The van der Waals surface area contributed by atoms with Crippen LogP contribution >= 0.6 is 12.4 Å². The smallest absolute Gasteiger partial charge is 0.273 e. The second-order valence-electron chi connectivity index (χ2n) is 6.06. The molecule has 1 aromatic rings. The lowest BCUT2D eigenvalue weighted by molar-refractivity contribution is -0.385. The zero-order chi connectivity index (χ0) is 14.1. The zero-order valence-electron chi connectivity index (χ0n) is 12.2. The van der Waals surface area contributed by atoms with E-state index in [1.165, 1.54) is 12.8 Å². The number of nitro groups is 1. The van der Waals surface area contributed by atoms with Crippen molar-refractivity contribution < 1.29 is 4.92 Å². The third-order valence-electron chi connectivity index (χ3n) is 4.68. The van der Waals surface area contributed by atoms with Gasteiger partial charge in [0.2, 0.25) is 0 Å². The highest BCUT2D eigenvalue weighted by molar-refractivity contribution is 5.85. The predicted octanol–water partition coefficient (Wildman–Crippen LogP) is 2.73. The minimum absolute atomic E-state index is 0. The van der Waals surface area contributed by atoms with Crippen LogP contribution in [0.5, 0.6) is 0 Å². The molecule has 2 aliphatic heterocycles. The first-order chi connectivity index (χ1) is 9.63. The van der Waals surface area contributed by atoms with Crippen molar-refractivity contribution in [3.8, 4) is 0 Å². The summed E-state index contributed by atoms with van der Waals surface area (Å²) in [5, 5.41) is 14.7. The molecule has 5 nitrogen and oxygen atoms in total. The molecule has 116 valence electrons. The number of hydrogen-bond donors (Lipinski definition) is 1. The van der Waals surface area contributed by atoms with Crippen LogP contribution in [0.3, 0.4) is 0 Å². The summed E-state index contributed by atoms with van der Waals surface area (Å²) in [6, 6.07) is 8.89. The first-order valence-electron chi connectivity index (χ1n) is 7.32. The fourth-order valence-corrected chi connectivity index (χ4v) is 3.61. The highest BCUT2D eigenvalue weighted by atomic mass is 35.5. The molecule has 0 radical (unpaired) electrons. The first kappa shape index (κ1) is 16.2. The van der Waals surface area contributed by atoms with E-state index >= 15 is 0 Å². The van der Waals surface area contributed by atoms with Gasteiger partial charge in [0.15, 0.2) is 0 Å². The molecule has 1 aromatic carbocycles. The van der Waals surface area contributed by atoms with E-state index < -0.39 is 0 Å². The van der Waals surface area contributed by atoms with E-state index in [2.05, 4.69) is 17.3 Å². The van der Waals surface area contributed by atoms with Crippen molar-refractivity contribution in [2.45, 2.75) is 50.4 Å². The number of hydrogen-bond acceptors (Lipinski definition) is 4. The molecule has 0 aliphatic carbocycles. The van der Waals surface area contributed by atoms with Crippen LogP contribution in [0.2, 0.25) is 0 Å². The van der Waals surface area contributed by atoms with Gasteiger partial charge in [0.1, 0.15) is 0 Å². The average molecular weight is 312 g/mol. The van der Waals surface area contributed by atoms with E-state index in [9.17, 15) is 10.1 Å². The molecule has 2 fully saturated rings. The van der Waals surface area contributed by atoms with Crippen LogP contribution < -0.4 is 5.32 Å². The van der Waals surface area contributed by atoms with E-state index in [-0.39, 0.29) is 23.0 Å². The summed E-state index contributed by atoms with van der Waals surface area (Å²) < 4.78 is 0. The van der Waals surface area contributed by atoms with Gasteiger partial charge >= 0.3 is 0 Å². The normalized spacial score (nSPS) is 27.4. The Morgan fingerprint density at radius 1 is 1.29 bits per heavy atom. The summed E-state index contributed by atoms with van der Waals surface area (Å²) >= 11 is 0. The largest absolute Gasteiger partial charge is 0.311 e. The predicted molar refractivity (Wildman–Crippen MR) is 84.8 cm³/mol. The van der Waals surface area contributed by atoms with Gasteiger partial charge in [-0.25, -0.2) is 0 Å². The van der Waals surface area contributed by atoms with Crippen LogP contribution in [0.1, 0.15) is 31.2 Å². The van der Waals surface area contributed by atoms with Crippen molar-refractivity contribution in [2.24, 2.45) is 0 Å². The molecule has 0 amide bonds. The number of nitro benzene ring substituents is 1. The third kappa shape index (κ3) is 3.54. The summed E-state index contributed by atoms with van der Waals surface area (Å²) in [7, 11) is 2.09. The maximum Gasteiger partial charge on any atom is 0.273 e. The van der Waals surface area contributed by atoms with E-state index in [4.69, 9.17) is 0 Å². The minimum atomic E-state index is -0.282. The second-order valence-corrected chi connectivity index (χ2v) is 6.06. The Morgan fingerprint density at radius 3 is 2.52 bits per heavy atom. The molecule has 3 rings (SSSR count). The van der Waals surface area contributed by atoms with E-state index in [1.807, 2.05) is 12.1 Å². The Bertz CT molecular complexity index is 499. The molecule has 0 saturated carbocycles. The second kappa shape index (κ2) is 6.73.